The zero-order valence-electron chi connectivity index (χ0n) is 14.0. The number of hydrogen-bond acceptors (Lipinski definition) is 5. The molecule has 3 rings (SSSR count). The first-order valence-electron chi connectivity index (χ1n) is 7.95. The molecule has 1 amide bonds. The summed E-state index contributed by atoms with van der Waals surface area (Å²) in [5.74, 6) is 0.0184. The van der Waals surface area contributed by atoms with Gasteiger partial charge in [-0.25, -0.2) is 8.42 Å². The molecule has 0 atom stereocenters. The third-order valence-corrected chi connectivity index (χ3v) is 6.16. The van der Waals surface area contributed by atoms with E-state index in [1.165, 1.54) is 23.5 Å². The van der Waals surface area contributed by atoms with Crippen LogP contribution >= 0.6 is 11.3 Å². The molecule has 0 fully saturated rings. The highest BCUT2D eigenvalue weighted by Crippen LogP contribution is 2.28. The molecule has 2 aromatic carbocycles. The van der Waals surface area contributed by atoms with Gasteiger partial charge in [0.15, 0.2) is 0 Å². The maximum atomic E-state index is 13.2. The molecule has 0 saturated carbocycles. The lowest BCUT2D eigenvalue weighted by atomic mass is 10.3. The zero-order valence-corrected chi connectivity index (χ0v) is 15.7. The van der Waals surface area contributed by atoms with E-state index in [1.54, 1.807) is 60.0 Å². The number of anilines is 1. The van der Waals surface area contributed by atoms with Crippen molar-refractivity contribution in [3.63, 3.8) is 0 Å². The van der Waals surface area contributed by atoms with Gasteiger partial charge in [0.05, 0.1) is 22.1 Å². The Bertz CT molecular complexity index is 966. The fourth-order valence-corrected chi connectivity index (χ4v) is 4.55. The Morgan fingerprint density at radius 2 is 1.69 bits per heavy atom. The summed E-state index contributed by atoms with van der Waals surface area (Å²) < 4.78 is 32.5. The van der Waals surface area contributed by atoms with Crippen LogP contribution in [0.3, 0.4) is 0 Å². The minimum absolute atomic E-state index is 0.0544. The number of amides is 1. The van der Waals surface area contributed by atoms with Gasteiger partial charge in [0.25, 0.3) is 15.9 Å². The van der Waals surface area contributed by atoms with E-state index in [1.807, 2.05) is 6.92 Å². The first-order valence-corrected chi connectivity index (χ1v) is 10.3. The minimum atomic E-state index is -4.05. The predicted molar refractivity (Wildman–Crippen MR) is 102 cm³/mol. The van der Waals surface area contributed by atoms with Gasteiger partial charge in [0, 0.05) is 0 Å². The minimum Gasteiger partial charge on any atom is -0.494 e. The number of sulfonamides is 1. The number of nitrogens with zero attached hydrogens (tertiary/aromatic N) is 1. The van der Waals surface area contributed by atoms with Crippen LogP contribution in [0.5, 0.6) is 5.75 Å². The first kappa shape index (κ1) is 18.2. The second-order valence-corrected chi connectivity index (χ2v) is 8.03. The molecule has 0 aliphatic carbocycles. The topological polar surface area (TPSA) is 63.7 Å². The van der Waals surface area contributed by atoms with Crippen LogP contribution in [0, 0.1) is 0 Å². The lowest BCUT2D eigenvalue weighted by Gasteiger charge is -2.22. The van der Waals surface area contributed by atoms with Crippen LogP contribution in [-0.2, 0) is 10.0 Å². The Kier molecular flexibility index (Phi) is 5.39. The number of hydrogen-bond donors (Lipinski definition) is 0. The van der Waals surface area contributed by atoms with Crippen molar-refractivity contribution in [2.75, 3.05) is 10.9 Å². The molecule has 1 aromatic heterocycles. The van der Waals surface area contributed by atoms with E-state index in [0.29, 0.717) is 17.2 Å². The van der Waals surface area contributed by atoms with Crippen LogP contribution in [0.2, 0.25) is 0 Å². The number of rotatable bonds is 6. The van der Waals surface area contributed by atoms with E-state index < -0.39 is 15.9 Å². The molecule has 0 N–H and O–H groups in total. The molecular formula is C19H17NO4S2. The van der Waals surface area contributed by atoms with Gasteiger partial charge in [-0.3, -0.25) is 4.79 Å². The summed E-state index contributed by atoms with van der Waals surface area (Å²) in [5, 5.41) is 1.73. The van der Waals surface area contributed by atoms with Gasteiger partial charge in [0.2, 0.25) is 0 Å². The maximum Gasteiger partial charge on any atom is 0.282 e. The summed E-state index contributed by atoms with van der Waals surface area (Å²) in [6, 6.07) is 17.7. The Labute approximate surface area is 156 Å². The number of carbonyl (C=O) groups excluding carboxylic acids is 1. The smallest absolute Gasteiger partial charge is 0.282 e. The van der Waals surface area contributed by atoms with Crippen molar-refractivity contribution in [3.8, 4) is 5.75 Å². The van der Waals surface area contributed by atoms with Gasteiger partial charge in [-0.2, -0.15) is 4.31 Å². The van der Waals surface area contributed by atoms with E-state index in [0.717, 1.165) is 4.31 Å². The summed E-state index contributed by atoms with van der Waals surface area (Å²) in [5.41, 5.74) is 0.260. The van der Waals surface area contributed by atoms with Crippen LogP contribution in [0.15, 0.2) is 77.0 Å². The van der Waals surface area contributed by atoms with E-state index in [2.05, 4.69) is 0 Å². The summed E-state index contributed by atoms with van der Waals surface area (Å²) in [4.78, 5) is 13.4. The highest BCUT2D eigenvalue weighted by Gasteiger charge is 2.32. The van der Waals surface area contributed by atoms with Gasteiger partial charge < -0.3 is 4.74 Å². The van der Waals surface area contributed by atoms with Crippen molar-refractivity contribution < 1.29 is 17.9 Å². The van der Waals surface area contributed by atoms with Crippen LogP contribution in [0.4, 0.5) is 5.69 Å². The van der Waals surface area contributed by atoms with E-state index >= 15 is 0 Å². The zero-order chi connectivity index (χ0) is 18.6. The molecule has 26 heavy (non-hydrogen) atoms. The molecule has 0 unspecified atom stereocenters. The monoisotopic (exact) mass is 387 g/mol. The van der Waals surface area contributed by atoms with Crippen molar-refractivity contribution in [1.29, 1.82) is 0 Å². The molecule has 0 aliphatic heterocycles. The molecule has 0 radical (unpaired) electrons. The van der Waals surface area contributed by atoms with Crippen molar-refractivity contribution in [2.24, 2.45) is 0 Å². The third kappa shape index (κ3) is 3.63. The first-order chi connectivity index (χ1) is 12.5. The van der Waals surface area contributed by atoms with Crippen molar-refractivity contribution in [1.82, 2.24) is 0 Å². The van der Waals surface area contributed by atoms with Crippen molar-refractivity contribution in [2.45, 2.75) is 11.8 Å². The third-order valence-electron chi connectivity index (χ3n) is 3.58. The Balaban J connectivity index is 2.09. The molecule has 0 saturated heterocycles. The number of thiophene rings is 1. The predicted octanol–water partition coefficient (Wildman–Crippen LogP) is 4.18. The van der Waals surface area contributed by atoms with Crippen LogP contribution < -0.4 is 9.04 Å². The summed E-state index contributed by atoms with van der Waals surface area (Å²) in [6.45, 7) is 2.36. The average Bonchev–Trinajstić information content (AvgIpc) is 3.19. The number of carbonyl (C=O) groups is 1. The molecule has 5 nitrogen and oxygen atoms in total. The fraction of sp³-hybridized carbons (Fsp3) is 0.105. The molecule has 1 heterocycles. The van der Waals surface area contributed by atoms with E-state index in [4.69, 9.17) is 4.74 Å². The van der Waals surface area contributed by atoms with Gasteiger partial charge in [-0.15, -0.1) is 11.3 Å². The maximum absolute atomic E-state index is 13.2. The molecule has 0 bridgehead atoms. The summed E-state index contributed by atoms with van der Waals surface area (Å²) in [7, 11) is -4.05. The summed E-state index contributed by atoms with van der Waals surface area (Å²) >= 11 is 1.20. The van der Waals surface area contributed by atoms with Crippen LogP contribution in [-0.4, -0.2) is 20.9 Å². The highest BCUT2D eigenvalue weighted by molar-refractivity contribution is 7.93. The van der Waals surface area contributed by atoms with Gasteiger partial charge >= 0.3 is 0 Å². The number of ether oxygens (including phenoxy) is 1. The molecule has 0 spiro atoms. The van der Waals surface area contributed by atoms with Gasteiger partial charge in [-0.1, -0.05) is 24.3 Å². The molecule has 3 aromatic rings. The van der Waals surface area contributed by atoms with Crippen LogP contribution in [0.1, 0.15) is 16.6 Å². The molecule has 0 aliphatic rings. The average molecular weight is 387 g/mol. The second-order valence-electron chi connectivity index (χ2n) is 5.29. The van der Waals surface area contributed by atoms with Gasteiger partial charge in [-0.05, 0) is 54.8 Å². The molecule has 134 valence electrons. The quantitative estimate of drug-likeness (QED) is 0.636. The van der Waals surface area contributed by atoms with Crippen LogP contribution in [0.25, 0.3) is 0 Å². The van der Waals surface area contributed by atoms with Crippen molar-refractivity contribution >= 4 is 33.0 Å². The standard InChI is InChI=1S/C19H17NO4S2/c1-2-24-16-12-10-15(11-13-16)20(19(21)18-9-6-14-25-18)26(22,23)17-7-4-3-5-8-17/h3-14H,2H2,1H3. The van der Waals surface area contributed by atoms with Crippen molar-refractivity contribution in [3.05, 3.63) is 77.0 Å². The lowest BCUT2D eigenvalue weighted by molar-refractivity contribution is 0.101. The summed E-state index contributed by atoms with van der Waals surface area (Å²) in [6.07, 6.45) is 0. The Morgan fingerprint density at radius 1 is 1.00 bits per heavy atom. The Morgan fingerprint density at radius 3 is 2.27 bits per heavy atom. The Hall–Kier alpha value is -2.64. The number of benzene rings is 2. The van der Waals surface area contributed by atoms with E-state index in [-0.39, 0.29) is 10.6 Å². The highest BCUT2D eigenvalue weighted by atomic mass is 32.2. The molecule has 7 heteroatoms. The van der Waals surface area contributed by atoms with E-state index in [9.17, 15) is 13.2 Å². The largest absolute Gasteiger partial charge is 0.494 e. The fourth-order valence-electron chi connectivity index (χ4n) is 2.41. The molecular weight excluding hydrogens is 370 g/mol. The SMILES string of the molecule is CCOc1ccc(N(C(=O)c2cccs2)S(=O)(=O)c2ccccc2)cc1. The normalized spacial score (nSPS) is 11.1. The van der Waals surface area contributed by atoms with Gasteiger partial charge in [0.1, 0.15) is 5.75 Å². The lowest BCUT2D eigenvalue weighted by Crippen LogP contribution is -2.36. The second kappa shape index (κ2) is 7.72.